The Kier molecular flexibility index (Phi) is 5.62. The number of hydrogen-bond acceptors (Lipinski definition) is 2. The first kappa shape index (κ1) is 16.3. The summed E-state index contributed by atoms with van der Waals surface area (Å²) < 4.78 is 19.0. The highest BCUT2D eigenvalue weighted by Crippen LogP contribution is 2.27. The maximum absolute atomic E-state index is 13.3. The number of halogens is 3. The van der Waals surface area contributed by atoms with Crippen LogP contribution in [0.1, 0.15) is 24.1 Å². The number of methoxy groups -OCH3 is 1. The van der Waals surface area contributed by atoms with Crippen molar-refractivity contribution >= 4 is 27.5 Å². The van der Waals surface area contributed by atoms with Crippen molar-refractivity contribution in [1.82, 2.24) is 5.32 Å². The molecule has 0 spiro atoms. The first-order valence-electron chi connectivity index (χ1n) is 6.52. The van der Waals surface area contributed by atoms with Crippen LogP contribution in [-0.2, 0) is 6.54 Å². The maximum atomic E-state index is 13.3. The first-order valence-corrected chi connectivity index (χ1v) is 7.69. The molecule has 0 aliphatic rings. The second-order valence-corrected chi connectivity index (χ2v) is 5.96. The van der Waals surface area contributed by atoms with E-state index in [2.05, 4.69) is 21.2 Å². The fourth-order valence-corrected chi connectivity index (χ4v) is 2.69. The summed E-state index contributed by atoms with van der Waals surface area (Å²) in [7, 11) is 1.62. The van der Waals surface area contributed by atoms with Gasteiger partial charge in [0, 0.05) is 23.2 Å². The van der Waals surface area contributed by atoms with Crippen LogP contribution in [0.2, 0.25) is 5.02 Å². The Morgan fingerprint density at radius 2 is 2.10 bits per heavy atom. The Balaban J connectivity index is 2.10. The maximum Gasteiger partial charge on any atom is 0.137 e. The van der Waals surface area contributed by atoms with Gasteiger partial charge in [0.05, 0.1) is 11.6 Å². The van der Waals surface area contributed by atoms with E-state index in [0.717, 1.165) is 16.9 Å². The molecule has 0 fully saturated rings. The molecule has 1 unspecified atom stereocenters. The molecule has 0 bridgehead atoms. The van der Waals surface area contributed by atoms with Crippen LogP contribution in [0.25, 0.3) is 0 Å². The van der Waals surface area contributed by atoms with Gasteiger partial charge in [-0.3, -0.25) is 0 Å². The summed E-state index contributed by atoms with van der Waals surface area (Å²) in [6.45, 7) is 2.59. The first-order chi connectivity index (χ1) is 10.0. The standard InChI is InChI=1S/C16H16BrClFNO/c1-10(11-6-7-15(19)13(17)8-11)20-9-12-14(18)4-3-5-16(12)21-2/h3-8,10,20H,9H2,1-2H3. The molecule has 0 saturated heterocycles. The molecule has 0 heterocycles. The molecule has 1 atom stereocenters. The molecule has 0 aliphatic heterocycles. The lowest BCUT2D eigenvalue weighted by molar-refractivity contribution is 0.406. The fraction of sp³-hybridized carbons (Fsp3) is 0.250. The number of ether oxygens (including phenoxy) is 1. The van der Waals surface area contributed by atoms with Crippen molar-refractivity contribution in [3.63, 3.8) is 0 Å². The lowest BCUT2D eigenvalue weighted by Gasteiger charge is -2.17. The van der Waals surface area contributed by atoms with Crippen LogP contribution in [0.3, 0.4) is 0 Å². The minimum Gasteiger partial charge on any atom is -0.496 e. The van der Waals surface area contributed by atoms with Gasteiger partial charge >= 0.3 is 0 Å². The third-order valence-corrected chi connectivity index (χ3v) is 4.29. The van der Waals surface area contributed by atoms with Gasteiger partial charge in [-0.05, 0) is 52.7 Å². The molecule has 0 radical (unpaired) electrons. The van der Waals surface area contributed by atoms with Crippen LogP contribution in [-0.4, -0.2) is 7.11 Å². The van der Waals surface area contributed by atoms with E-state index in [1.807, 2.05) is 25.1 Å². The summed E-state index contributed by atoms with van der Waals surface area (Å²) in [6.07, 6.45) is 0. The molecule has 2 rings (SSSR count). The highest BCUT2D eigenvalue weighted by atomic mass is 79.9. The summed E-state index contributed by atoms with van der Waals surface area (Å²) in [5.41, 5.74) is 1.91. The van der Waals surface area contributed by atoms with Crippen LogP contribution >= 0.6 is 27.5 Å². The van der Waals surface area contributed by atoms with Gasteiger partial charge < -0.3 is 10.1 Å². The van der Waals surface area contributed by atoms with Gasteiger partial charge in [-0.2, -0.15) is 0 Å². The Bertz CT molecular complexity index is 636. The average Bonchev–Trinajstić information content (AvgIpc) is 2.48. The highest BCUT2D eigenvalue weighted by Gasteiger charge is 2.11. The minimum absolute atomic E-state index is 0.0582. The number of hydrogen-bond donors (Lipinski definition) is 1. The van der Waals surface area contributed by atoms with E-state index >= 15 is 0 Å². The van der Waals surface area contributed by atoms with E-state index in [-0.39, 0.29) is 11.9 Å². The number of rotatable bonds is 5. The molecule has 0 amide bonds. The van der Waals surface area contributed by atoms with Gasteiger partial charge in [0.15, 0.2) is 0 Å². The molecule has 0 saturated carbocycles. The van der Waals surface area contributed by atoms with Crippen molar-refractivity contribution in [1.29, 1.82) is 0 Å². The SMILES string of the molecule is COc1cccc(Cl)c1CNC(C)c1ccc(F)c(Br)c1. The van der Waals surface area contributed by atoms with E-state index in [1.54, 1.807) is 19.2 Å². The van der Waals surface area contributed by atoms with Crippen LogP contribution in [0.4, 0.5) is 4.39 Å². The van der Waals surface area contributed by atoms with Crippen LogP contribution in [0.15, 0.2) is 40.9 Å². The van der Waals surface area contributed by atoms with Crippen molar-refractivity contribution in [2.24, 2.45) is 0 Å². The lowest BCUT2D eigenvalue weighted by atomic mass is 10.1. The third kappa shape index (κ3) is 3.96. The van der Waals surface area contributed by atoms with Crippen molar-refractivity contribution in [2.45, 2.75) is 19.5 Å². The van der Waals surface area contributed by atoms with E-state index in [4.69, 9.17) is 16.3 Å². The summed E-state index contributed by atoms with van der Waals surface area (Å²) in [6, 6.07) is 10.6. The van der Waals surface area contributed by atoms with Crippen molar-refractivity contribution in [2.75, 3.05) is 7.11 Å². The fourth-order valence-electron chi connectivity index (χ4n) is 2.06. The largest absolute Gasteiger partial charge is 0.496 e. The normalized spacial score (nSPS) is 12.2. The number of benzene rings is 2. The quantitative estimate of drug-likeness (QED) is 0.788. The molecule has 1 N–H and O–H groups in total. The smallest absolute Gasteiger partial charge is 0.137 e. The molecular formula is C16H16BrClFNO. The summed E-state index contributed by atoms with van der Waals surface area (Å²) in [5.74, 6) is 0.487. The molecule has 0 aromatic heterocycles. The van der Waals surface area contributed by atoms with E-state index < -0.39 is 0 Å². The molecule has 2 aromatic carbocycles. The molecule has 0 aliphatic carbocycles. The zero-order valence-electron chi connectivity index (χ0n) is 11.8. The minimum atomic E-state index is -0.265. The molecule has 112 valence electrons. The Hall–Kier alpha value is -1.10. The highest BCUT2D eigenvalue weighted by molar-refractivity contribution is 9.10. The zero-order chi connectivity index (χ0) is 15.4. The Labute approximate surface area is 137 Å². The zero-order valence-corrected chi connectivity index (χ0v) is 14.1. The summed E-state index contributed by atoms with van der Waals surface area (Å²) in [4.78, 5) is 0. The van der Waals surface area contributed by atoms with E-state index in [0.29, 0.717) is 16.0 Å². The monoisotopic (exact) mass is 371 g/mol. The second-order valence-electron chi connectivity index (χ2n) is 4.70. The Morgan fingerprint density at radius 3 is 2.76 bits per heavy atom. The van der Waals surface area contributed by atoms with E-state index in [9.17, 15) is 4.39 Å². The van der Waals surface area contributed by atoms with Crippen LogP contribution < -0.4 is 10.1 Å². The summed E-state index contributed by atoms with van der Waals surface area (Å²) >= 11 is 9.41. The van der Waals surface area contributed by atoms with Crippen molar-refractivity contribution < 1.29 is 9.13 Å². The van der Waals surface area contributed by atoms with Crippen molar-refractivity contribution in [3.05, 3.63) is 62.8 Å². The van der Waals surface area contributed by atoms with Gasteiger partial charge in [0.2, 0.25) is 0 Å². The molecular weight excluding hydrogens is 357 g/mol. The lowest BCUT2D eigenvalue weighted by Crippen LogP contribution is -2.18. The van der Waals surface area contributed by atoms with Crippen LogP contribution in [0.5, 0.6) is 5.75 Å². The topological polar surface area (TPSA) is 21.3 Å². The third-order valence-electron chi connectivity index (χ3n) is 3.32. The van der Waals surface area contributed by atoms with E-state index in [1.165, 1.54) is 6.07 Å². The number of nitrogens with one attached hydrogen (secondary N) is 1. The van der Waals surface area contributed by atoms with Gasteiger partial charge in [0.1, 0.15) is 11.6 Å². The average molecular weight is 373 g/mol. The van der Waals surface area contributed by atoms with Crippen LogP contribution in [0, 0.1) is 5.82 Å². The summed E-state index contributed by atoms with van der Waals surface area (Å²) in [5, 5.41) is 4.03. The van der Waals surface area contributed by atoms with Gasteiger partial charge in [-0.25, -0.2) is 4.39 Å². The molecule has 2 aromatic rings. The molecule has 2 nitrogen and oxygen atoms in total. The molecule has 5 heteroatoms. The van der Waals surface area contributed by atoms with Gasteiger partial charge in [-0.1, -0.05) is 23.7 Å². The Morgan fingerprint density at radius 1 is 1.33 bits per heavy atom. The molecule has 21 heavy (non-hydrogen) atoms. The predicted molar refractivity (Wildman–Crippen MR) is 87.4 cm³/mol. The van der Waals surface area contributed by atoms with Gasteiger partial charge in [0.25, 0.3) is 0 Å². The second kappa shape index (κ2) is 7.25. The van der Waals surface area contributed by atoms with Crippen molar-refractivity contribution in [3.8, 4) is 5.75 Å². The predicted octanol–water partition coefficient (Wildman–Crippen LogP) is 5.10. The van der Waals surface area contributed by atoms with Gasteiger partial charge in [-0.15, -0.1) is 0 Å².